The topological polar surface area (TPSA) is 19.4 Å². The zero-order valence-corrected chi connectivity index (χ0v) is 13.8. The summed E-state index contributed by atoms with van der Waals surface area (Å²) in [6.07, 6.45) is 5.26. The molecule has 3 rings (SSSR count). The number of thiazole rings is 1. The zero-order chi connectivity index (χ0) is 13.9. The van der Waals surface area contributed by atoms with Crippen LogP contribution in [0.15, 0.2) is 5.38 Å². The lowest BCUT2D eigenvalue weighted by atomic mass is 9.97. The van der Waals surface area contributed by atoms with Crippen LogP contribution >= 0.6 is 22.9 Å². The second-order valence-electron chi connectivity index (χ2n) is 6.10. The summed E-state index contributed by atoms with van der Waals surface area (Å²) in [6, 6.07) is 1.48. The summed E-state index contributed by atoms with van der Waals surface area (Å²) in [6.45, 7) is 7.32. The molecule has 2 atom stereocenters. The average Bonchev–Trinajstić information content (AvgIpc) is 2.93. The molecule has 3 nitrogen and oxygen atoms in total. The fraction of sp³-hybridized carbons (Fsp3) is 0.800. The van der Waals surface area contributed by atoms with Gasteiger partial charge >= 0.3 is 0 Å². The highest BCUT2D eigenvalue weighted by Crippen LogP contribution is 2.24. The fourth-order valence-corrected chi connectivity index (χ4v) is 4.50. The minimum atomic E-state index is 0.535. The number of aromatic nitrogens is 1. The van der Waals surface area contributed by atoms with Crippen LogP contribution in [0, 0.1) is 0 Å². The number of piperazine rings is 1. The minimum absolute atomic E-state index is 0.535. The summed E-state index contributed by atoms with van der Waals surface area (Å²) in [5.74, 6) is 0.535. The van der Waals surface area contributed by atoms with E-state index in [9.17, 15) is 0 Å². The Morgan fingerprint density at radius 3 is 3.10 bits per heavy atom. The second kappa shape index (κ2) is 6.73. The van der Waals surface area contributed by atoms with Gasteiger partial charge < -0.3 is 0 Å². The molecule has 5 heteroatoms. The van der Waals surface area contributed by atoms with Crippen molar-refractivity contribution in [3.63, 3.8) is 0 Å². The second-order valence-corrected chi connectivity index (χ2v) is 7.31. The zero-order valence-electron chi connectivity index (χ0n) is 12.2. The maximum absolute atomic E-state index is 5.82. The number of alkyl halides is 1. The number of rotatable bonds is 4. The van der Waals surface area contributed by atoms with Gasteiger partial charge in [-0.2, -0.15) is 0 Å². The summed E-state index contributed by atoms with van der Waals surface area (Å²) in [5.41, 5.74) is 1.02. The van der Waals surface area contributed by atoms with E-state index in [-0.39, 0.29) is 0 Å². The van der Waals surface area contributed by atoms with Crippen LogP contribution in [-0.4, -0.2) is 53.0 Å². The van der Waals surface area contributed by atoms with Crippen molar-refractivity contribution in [2.75, 3.05) is 26.2 Å². The SMILES string of the molecule is CC1CN2CCCCC2CN1CCc1nc(CCl)cs1. The summed E-state index contributed by atoms with van der Waals surface area (Å²) in [4.78, 5) is 9.94. The molecule has 0 aromatic carbocycles. The van der Waals surface area contributed by atoms with Gasteiger partial charge in [-0.25, -0.2) is 4.98 Å². The molecule has 3 heterocycles. The van der Waals surface area contributed by atoms with Crippen LogP contribution in [0.2, 0.25) is 0 Å². The highest BCUT2D eigenvalue weighted by atomic mass is 35.5. The van der Waals surface area contributed by atoms with Crippen LogP contribution in [-0.2, 0) is 12.3 Å². The Hall–Kier alpha value is -0.160. The highest BCUT2D eigenvalue weighted by Gasteiger charge is 2.32. The van der Waals surface area contributed by atoms with Crippen molar-refractivity contribution >= 4 is 22.9 Å². The standard InChI is InChI=1S/C15H24ClN3S/c1-12-9-19-6-3-2-4-14(19)10-18(12)7-5-15-17-13(8-16)11-20-15/h11-12,14H,2-10H2,1H3. The van der Waals surface area contributed by atoms with Crippen LogP contribution in [0.1, 0.15) is 36.9 Å². The third-order valence-corrected chi connectivity index (χ3v) is 5.90. The number of nitrogens with zero attached hydrogens (tertiary/aromatic N) is 3. The largest absolute Gasteiger partial charge is 0.298 e. The molecule has 0 aliphatic carbocycles. The first-order valence-electron chi connectivity index (χ1n) is 7.73. The van der Waals surface area contributed by atoms with E-state index in [1.807, 2.05) is 0 Å². The number of hydrogen-bond donors (Lipinski definition) is 0. The van der Waals surface area contributed by atoms with E-state index in [1.165, 1.54) is 43.9 Å². The third kappa shape index (κ3) is 3.35. The Balaban J connectivity index is 1.54. The lowest BCUT2D eigenvalue weighted by molar-refractivity contribution is 0.0160. The van der Waals surface area contributed by atoms with E-state index in [2.05, 4.69) is 27.1 Å². The van der Waals surface area contributed by atoms with Gasteiger partial charge in [0.15, 0.2) is 0 Å². The van der Waals surface area contributed by atoms with Gasteiger partial charge in [0.2, 0.25) is 0 Å². The Labute approximate surface area is 130 Å². The smallest absolute Gasteiger partial charge is 0.0941 e. The van der Waals surface area contributed by atoms with Crippen molar-refractivity contribution < 1.29 is 0 Å². The summed E-state index contributed by atoms with van der Waals surface area (Å²) < 4.78 is 0. The van der Waals surface area contributed by atoms with Gasteiger partial charge in [0.1, 0.15) is 0 Å². The predicted octanol–water partition coefficient (Wildman–Crippen LogP) is 2.98. The predicted molar refractivity (Wildman–Crippen MR) is 85.6 cm³/mol. The first-order chi connectivity index (χ1) is 9.76. The maximum Gasteiger partial charge on any atom is 0.0941 e. The average molecular weight is 314 g/mol. The molecule has 0 saturated carbocycles. The lowest BCUT2D eigenvalue weighted by Gasteiger charge is -2.47. The van der Waals surface area contributed by atoms with Crippen molar-refractivity contribution in [3.8, 4) is 0 Å². The Morgan fingerprint density at radius 2 is 2.30 bits per heavy atom. The molecule has 0 amide bonds. The molecule has 1 aromatic rings. The van der Waals surface area contributed by atoms with E-state index in [1.54, 1.807) is 11.3 Å². The van der Waals surface area contributed by atoms with E-state index in [0.717, 1.165) is 24.7 Å². The van der Waals surface area contributed by atoms with Crippen LogP contribution in [0.25, 0.3) is 0 Å². The van der Waals surface area contributed by atoms with Gasteiger partial charge in [-0.05, 0) is 26.3 Å². The Morgan fingerprint density at radius 1 is 1.40 bits per heavy atom. The van der Waals surface area contributed by atoms with Gasteiger partial charge in [0.25, 0.3) is 0 Å². The molecule has 2 fully saturated rings. The van der Waals surface area contributed by atoms with Crippen molar-refractivity contribution in [2.24, 2.45) is 0 Å². The van der Waals surface area contributed by atoms with Crippen molar-refractivity contribution in [3.05, 3.63) is 16.1 Å². The molecule has 0 bridgehead atoms. The Kier molecular flexibility index (Phi) is 4.97. The molecule has 2 aliphatic rings. The number of hydrogen-bond acceptors (Lipinski definition) is 4. The van der Waals surface area contributed by atoms with E-state index >= 15 is 0 Å². The molecule has 0 spiro atoms. The highest BCUT2D eigenvalue weighted by molar-refractivity contribution is 7.09. The first-order valence-corrected chi connectivity index (χ1v) is 9.15. The quantitative estimate of drug-likeness (QED) is 0.797. The van der Waals surface area contributed by atoms with Crippen LogP contribution in [0.4, 0.5) is 0 Å². The number of fused-ring (bicyclic) bond motifs is 1. The first kappa shape index (κ1) is 14.8. The molecular formula is C15H24ClN3S. The summed E-state index contributed by atoms with van der Waals surface area (Å²) >= 11 is 7.57. The fourth-order valence-electron chi connectivity index (χ4n) is 3.49. The molecule has 112 valence electrons. The maximum atomic E-state index is 5.82. The summed E-state index contributed by atoms with van der Waals surface area (Å²) in [7, 11) is 0. The summed E-state index contributed by atoms with van der Waals surface area (Å²) in [5, 5.41) is 3.32. The van der Waals surface area contributed by atoms with Crippen molar-refractivity contribution in [1.29, 1.82) is 0 Å². The molecule has 0 N–H and O–H groups in total. The van der Waals surface area contributed by atoms with Crippen LogP contribution in [0.3, 0.4) is 0 Å². The molecule has 0 radical (unpaired) electrons. The van der Waals surface area contributed by atoms with Gasteiger partial charge in [0, 0.05) is 43.5 Å². The molecule has 2 aliphatic heterocycles. The molecule has 20 heavy (non-hydrogen) atoms. The van der Waals surface area contributed by atoms with Gasteiger partial charge in [-0.1, -0.05) is 6.42 Å². The van der Waals surface area contributed by atoms with Crippen LogP contribution < -0.4 is 0 Å². The normalized spacial score (nSPS) is 28.5. The van der Waals surface area contributed by atoms with Gasteiger partial charge in [-0.3, -0.25) is 9.80 Å². The monoisotopic (exact) mass is 313 g/mol. The molecule has 2 unspecified atom stereocenters. The van der Waals surface area contributed by atoms with Crippen LogP contribution in [0.5, 0.6) is 0 Å². The minimum Gasteiger partial charge on any atom is -0.298 e. The van der Waals surface area contributed by atoms with Crippen molar-refractivity contribution in [1.82, 2.24) is 14.8 Å². The van der Waals surface area contributed by atoms with E-state index in [0.29, 0.717) is 11.9 Å². The van der Waals surface area contributed by atoms with Gasteiger partial charge in [0.05, 0.1) is 16.6 Å². The van der Waals surface area contributed by atoms with E-state index in [4.69, 9.17) is 11.6 Å². The molecule has 2 saturated heterocycles. The number of piperidine rings is 1. The molecule has 1 aromatic heterocycles. The third-order valence-electron chi connectivity index (χ3n) is 4.67. The number of halogens is 1. The van der Waals surface area contributed by atoms with Gasteiger partial charge in [-0.15, -0.1) is 22.9 Å². The molecular weight excluding hydrogens is 290 g/mol. The van der Waals surface area contributed by atoms with E-state index < -0.39 is 0 Å². The lowest BCUT2D eigenvalue weighted by Crippen LogP contribution is -2.58. The van der Waals surface area contributed by atoms with Crippen molar-refractivity contribution in [2.45, 2.75) is 50.6 Å². The Bertz CT molecular complexity index is 437.